The molecule has 3 rings (SSSR count). The molecule has 0 aliphatic rings. The molecule has 1 amide bonds. The molecule has 0 spiro atoms. The Balaban J connectivity index is 1.75. The molecule has 0 unspecified atom stereocenters. The first-order valence-corrected chi connectivity index (χ1v) is 7.07. The van der Waals surface area contributed by atoms with Crippen LogP contribution in [0.3, 0.4) is 0 Å². The number of amides is 1. The van der Waals surface area contributed by atoms with Gasteiger partial charge in [-0.15, -0.1) is 5.10 Å². The van der Waals surface area contributed by atoms with Gasteiger partial charge in [0.1, 0.15) is 12.4 Å². The van der Waals surface area contributed by atoms with Gasteiger partial charge in [0.15, 0.2) is 5.65 Å². The smallest absolute Gasteiger partial charge is 0.340 e. The molecule has 0 bridgehead atoms. The highest BCUT2D eigenvalue weighted by atomic mass is 19.1. The number of rotatable bonds is 4. The Hall–Kier alpha value is -2.96. The number of benzene rings is 1. The summed E-state index contributed by atoms with van der Waals surface area (Å²) in [6, 6.07) is 11.2. The minimum atomic E-state index is -0.367. The van der Waals surface area contributed by atoms with Crippen LogP contribution in [0.5, 0.6) is 0 Å². The number of hydrogen-bond donors (Lipinski definition) is 0. The minimum absolute atomic E-state index is 0.160. The number of fused-ring (bicyclic) bond motifs is 1. The molecule has 118 valence electrons. The molecule has 0 radical (unpaired) electrons. The van der Waals surface area contributed by atoms with Crippen molar-refractivity contribution < 1.29 is 9.18 Å². The van der Waals surface area contributed by atoms with Gasteiger partial charge in [-0.3, -0.25) is 9.20 Å². The van der Waals surface area contributed by atoms with Crippen LogP contribution < -0.4 is 5.69 Å². The lowest BCUT2D eigenvalue weighted by Crippen LogP contribution is -2.34. The lowest BCUT2D eigenvalue weighted by Gasteiger charge is -2.16. The zero-order valence-electron chi connectivity index (χ0n) is 12.5. The van der Waals surface area contributed by atoms with Crippen molar-refractivity contribution in [2.75, 3.05) is 7.05 Å². The van der Waals surface area contributed by atoms with E-state index in [1.165, 1.54) is 21.4 Å². The number of halogens is 1. The predicted octanol–water partition coefficient (Wildman–Crippen LogP) is 1.29. The first-order valence-electron chi connectivity index (χ1n) is 7.07. The van der Waals surface area contributed by atoms with Crippen LogP contribution in [0.25, 0.3) is 5.65 Å². The van der Waals surface area contributed by atoms with Crippen molar-refractivity contribution in [1.82, 2.24) is 19.1 Å². The number of aromatic nitrogens is 3. The van der Waals surface area contributed by atoms with Gasteiger partial charge in [0.25, 0.3) is 0 Å². The van der Waals surface area contributed by atoms with Crippen molar-refractivity contribution in [1.29, 1.82) is 0 Å². The Bertz CT molecular complexity index is 916. The predicted molar refractivity (Wildman–Crippen MR) is 82.3 cm³/mol. The van der Waals surface area contributed by atoms with Crippen molar-refractivity contribution in [2.24, 2.45) is 0 Å². The molecule has 0 aliphatic carbocycles. The van der Waals surface area contributed by atoms with Crippen molar-refractivity contribution >= 4 is 11.6 Å². The van der Waals surface area contributed by atoms with Crippen molar-refractivity contribution in [2.45, 2.75) is 13.1 Å². The molecule has 0 atom stereocenters. The maximum atomic E-state index is 13.2. The van der Waals surface area contributed by atoms with Crippen molar-refractivity contribution in [3.05, 3.63) is 70.5 Å². The van der Waals surface area contributed by atoms with E-state index in [2.05, 4.69) is 5.10 Å². The van der Waals surface area contributed by atoms with Gasteiger partial charge >= 0.3 is 5.69 Å². The average Bonchev–Trinajstić information content (AvgIpc) is 2.84. The van der Waals surface area contributed by atoms with Gasteiger partial charge in [0, 0.05) is 19.8 Å². The molecule has 3 aromatic rings. The Morgan fingerprint density at radius 1 is 1.26 bits per heavy atom. The molecule has 1 aromatic carbocycles. The fourth-order valence-corrected chi connectivity index (χ4v) is 2.32. The van der Waals surface area contributed by atoms with E-state index in [-0.39, 0.29) is 30.5 Å². The molecule has 6 nitrogen and oxygen atoms in total. The largest absolute Gasteiger partial charge is 0.350 e. The van der Waals surface area contributed by atoms with Crippen molar-refractivity contribution in [3.63, 3.8) is 0 Å². The zero-order chi connectivity index (χ0) is 16.4. The summed E-state index contributed by atoms with van der Waals surface area (Å²) in [6.07, 6.45) is 1.60. The van der Waals surface area contributed by atoms with E-state index in [0.29, 0.717) is 11.2 Å². The maximum absolute atomic E-state index is 13.2. The van der Waals surface area contributed by atoms with Crippen LogP contribution in [-0.2, 0) is 17.9 Å². The van der Waals surface area contributed by atoms with Crippen LogP contribution in [0.4, 0.5) is 4.39 Å². The van der Waals surface area contributed by atoms with Crippen LogP contribution in [0, 0.1) is 5.82 Å². The van der Waals surface area contributed by atoms with E-state index in [1.54, 1.807) is 43.6 Å². The highest BCUT2D eigenvalue weighted by Gasteiger charge is 2.14. The SMILES string of the molecule is CN(Cc1cccc(F)c1)C(=O)Cn1nc2ccccn2c1=O. The number of hydrogen-bond acceptors (Lipinski definition) is 3. The Labute approximate surface area is 131 Å². The lowest BCUT2D eigenvalue weighted by atomic mass is 10.2. The number of nitrogens with zero attached hydrogens (tertiary/aromatic N) is 4. The fraction of sp³-hybridized carbons (Fsp3) is 0.188. The lowest BCUT2D eigenvalue weighted by molar-refractivity contribution is -0.131. The first kappa shape index (κ1) is 15.0. The molecule has 0 saturated carbocycles. The highest BCUT2D eigenvalue weighted by molar-refractivity contribution is 5.75. The van der Waals surface area contributed by atoms with E-state index in [0.717, 1.165) is 4.68 Å². The van der Waals surface area contributed by atoms with Crippen LogP contribution >= 0.6 is 0 Å². The van der Waals surface area contributed by atoms with Gasteiger partial charge in [-0.05, 0) is 29.8 Å². The van der Waals surface area contributed by atoms with E-state index in [9.17, 15) is 14.0 Å². The number of pyridine rings is 1. The fourth-order valence-electron chi connectivity index (χ4n) is 2.32. The summed E-state index contributed by atoms with van der Waals surface area (Å²) in [6.45, 7) is 0.102. The highest BCUT2D eigenvalue weighted by Crippen LogP contribution is 2.06. The summed E-state index contributed by atoms with van der Waals surface area (Å²) < 4.78 is 15.7. The van der Waals surface area contributed by atoms with Gasteiger partial charge < -0.3 is 4.90 Å². The Morgan fingerprint density at radius 2 is 2.09 bits per heavy atom. The number of likely N-dealkylation sites (N-methyl/N-ethyl adjacent to an activating group) is 1. The normalized spacial score (nSPS) is 10.9. The summed E-state index contributed by atoms with van der Waals surface area (Å²) in [5, 5.41) is 4.12. The van der Waals surface area contributed by atoms with Gasteiger partial charge in [-0.2, -0.15) is 0 Å². The van der Waals surface area contributed by atoms with E-state index >= 15 is 0 Å². The molecule has 7 heteroatoms. The molecule has 0 N–H and O–H groups in total. The molecule has 0 fully saturated rings. The van der Waals surface area contributed by atoms with Crippen LogP contribution in [0.2, 0.25) is 0 Å². The van der Waals surface area contributed by atoms with E-state index in [4.69, 9.17) is 0 Å². The molecule has 2 aromatic heterocycles. The summed E-state index contributed by atoms with van der Waals surface area (Å²) in [4.78, 5) is 25.8. The first-order chi connectivity index (χ1) is 11.0. The minimum Gasteiger partial charge on any atom is -0.340 e. The summed E-state index contributed by atoms with van der Waals surface area (Å²) in [5.74, 6) is -0.625. The van der Waals surface area contributed by atoms with Gasteiger partial charge in [-0.25, -0.2) is 13.9 Å². The third-order valence-electron chi connectivity index (χ3n) is 3.51. The number of carbonyl (C=O) groups is 1. The molecule has 23 heavy (non-hydrogen) atoms. The van der Waals surface area contributed by atoms with Crippen LogP contribution in [0.15, 0.2) is 53.5 Å². The Kier molecular flexibility index (Phi) is 3.92. The third-order valence-corrected chi connectivity index (χ3v) is 3.51. The second-order valence-electron chi connectivity index (χ2n) is 5.25. The Morgan fingerprint density at radius 3 is 2.83 bits per heavy atom. The monoisotopic (exact) mass is 314 g/mol. The second-order valence-corrected chi connectivity index (χ2v) is 5.25. The number of carbonyl (C=O) groups excluding carboxylic acids is 1. The summed E-state index contributed by atoms with van der Waals surface area (Å²) >= 11 is 0. The van der Waals surface area contributed by atoms with Crippen molar-refractivity contribution in [3.8, 4) is 0 Å². The quantitative estimate of drug-likeness (QED) is 0.729. The second kappa shape index (κ2) is 6.04. The topological polar surface area (TPSA) is 59.6 Å². The molecule has 2 heterocycles. The third kappa shape index (κ3) is 3.13. The zero-order valence-corrected chi connectivity index (χ0v) is 12.5. The molecule has 0 aliphatic heterocycles. The summed E-state index contributed by atoms with van der Waals surface area (Å²) in [5.41, 5.74) is 0.800. The van der Waals surface area contributed by atoms with Crippen LogP contribution in [0.1, 0.15) is 5.56 Å². The van der Waals surface area contributed by atoms with Gasteiger partial charge in [0.05, 0.1) is 0 Å². The van der Waals surface area contributed by atoms with E-state index in [1.807, 2.05) is 0 Å². The summed E-state index contributed by atoms with van der Waals surface area (Å²) in [7, 11) is 1.61. The van der Waals surface area contributed by atoms with Crippen LogP contribution in [-0.4, -0.2) is 32.0 Å². The van der Waals surface area contributed by atoms with E-state index < -0.39 is 0 Å². The van der Waals surface area contributed by atoms with Gasteiger partial charge in [-0.1, -0.05) is 18.2 Å². The maximum Gasteiger partial charge on any atom is 0.350 e. The molecular formula is C16H15FN4O2. The molecule has 0 saturated heterocycles. The average molecular weight is 314 g/mol. The van der Waals surface area contributed by atoms with Gasteiger partial charge in [0.2, 0.25) is 5.91 Å². The molecular weight excluding hydrogens is 299 g/mol. The standard InChI is InChI=1S/C16H15FN4O2/c1-19(10-12-5-4-6-13(17)9-12)15(22)11-21-16(23)20-8-3-2-7-14(20)18-21/h2-9H,10-11H2,1H3.